The van der Waals surface area contributed by atoms with Crippen LogP contribution in [0, 0.1) is 0 Å². The van der Waals surface area contributed by atoms with Gasteiger partial charge in [0.1, 0.15) is 11.8 Å². The molecule has 0 unspecified atom stereocenters. The lowest BCUT2D eigenvalue weighted by Crippen LogP contribution is -2.92. The number of hydrogen-bond acceptors (Lipinski definition) is 2. The molecular weight excluding hydrogens is 386 g/mol. The van der Waals surface area contributed by atoms with Gasteiger partial charge in [-0.15, -0.1) is 0 Å². The number of ether oxygens (including phenoxy) is 1. The molecule has 0 aromatic heterocycles. The van der Waals surface area contributed by atoms with E-state index in [0.717, 1.165) is 16.7 Å². The summed E-state index contributed by atoms with van der Waals surface area (Å²) in [6, 6.07) is 25.5. The lowest BCUT2D eigenvalue weighted by Gasteiger charge is -2.21. The predicted molar refractivity (Wildman–Crippen MR) is 111 cm³/mol. The zero-order valence-electron chi connectivity index (χ0n) is 16.7. The van der Waals surface area contributed by atoms with Gasteiger partial charge in [0.15, 0.2) is 6.04 Å². The molecule has 3 rings (SSSR count). The second-order valence-corrected chi connectivity index (χ2v) is 7.02. The highest BCUT2D eigenvalue weighted by atomic mass is 19.3. The average Bonchev–Trinajstić information content (AvgIpc) is 2.77. The minimum absolute atomic E-state index is 0.0718. The average molecular weight is 411 g/mol. The van der Waals surface area contributed by atoms with Gasteiger partial charge in [-0.05, 0) is 36.8 Å². The number of benzene rings is 3. The SMILES string of the molecule is C[C@H]([NH2+][C@@H](c1ccccc1)c1ccc(OC(F)F)cc1)C(=O)NCc1ccccc1. The highest BCUT2D eigenvalue weighted by Gasteiger charge is 2.24. The van der Waals surface area contributed by atoms with E-state index in [0.29, 0.717) is 6.54 Å². The number of alkyl halides is 2. The molecule has 30 heavy (non-hydrogen) atoms. The van der Waals surface area contributed by atoms with Crippen molar-refractivity contribution in [3.63, 3.8) is 0 Å². The molecule has 0 bridgehead atoms. The minimum Gasteiger partial charge on any atom is -0.435 e. The fraction of sp³-hybridized carbons (Fsp3) is 0.208. The van der Waals surface area contributed by atoms with E-state index in [-0.39, 0.29) is 23.7 Å². The lowest BCUT2D eigenvalue weighted by atomic mass is 9.97. The van der Waals surface area contributed by atoms with Gasteiger partial charge >= 0.3 is 6.61 Å². The third kappa shape index (κ3) is 6.12. The third-order valence-electron chi connectivity index (χ3n) is 4.83. The Bertz CT molecular complexity index is 919. The third-order valence-corrected chi connectivity index (χ3v) is 4.83. The number of quaternary nitrogens is 1. The fourth-order valence-corrected chi connectivity index (χ4v) is 3.25. The van der Waals surface area contributed by atoms with Crippen LogP contribution < -0.4 is 15.4 Å². The molecule has 0 heterocycles. The molecule has 0 aliphatic carbocycles. The number of carbonyl (C=O) groups excluding carboxylic acids is 1. The van der Waals surface area contributed by atoms with Crippen LogP contribution in [0.4, 0.5) is 8.78 Å². The molecule has 156 valence electrons. The van der Waals surface area contributed by atoms with Gasteiger partial charge in [0.2, 0.25) is 0 Å². The number of carbonyl (C=O) groups is 1. The van der Waals surface area contributed by atoms with E-state index in [1.807, 2.05) is 72.9 Å². The lowest BCUT2D eigenvalue weighted by molar-refractivity contribution is -0.704. The maximum atomic E-state index is 12.6. The van der Waals surface area contributed by atoms with Crippen LogP contribution in [0.25, 0.3) is 0 Å². The van der Waals surface area contributed by atoms with Crippen molar-refractivity contribution in [2.45, 2.75) is 32.2 Å². The molecule has 4 nitrogen and oxygen atoms in total. The molecule has 0 fully saturated rings. The summed E-state index contributed by atoms with van der Waals surface area (Å²) >= 11 is 0. The van der Waals surface area contributed by atoms with E-state index in [4.69, 9.17) is 0 Å². The zero-order valence-corrected chi connectivity index (χ0v) is 16.7. The summed E-state index contributed by atoms with van der Waals surface area (Å²) in [6.07, 6.45) is 0. The number of halogens is 2. The van der Waals surface area contributed by atoms with Crippen LogP contribution in [0.1, 0.15) is 29.7 Å². The highest BCUT2D eigenvalue weighted by molar-refractivity contribution is 5.79. The Morgan fingerprint density at radius 1 is 0.900 bits per heavy atom. The number of rotatable bonds is 9. The van der Waals surface area contributed by atoms with Crippen molar-refractivity contribution in [1.82, 2.24) is 5.32 Å². The van der Waals surface area contributed by atoms with Crippen LogP contribution >= 0.6 is 0 Å². The van der Waals surface area contributed by atoms with Crippen molar-refractivity contribution >= 4 is 5.91 Å². The van der Waals surface area contributed by atoms with Crippen LogP contribution in [0.15, 0.2) is 84.9 Å². The largest absolute Gasteiger partial charge is 0.435 e. The first-order chi connectivity index (χ1) is 14.5. The second-order valence-electron chi connectivity index (χ2n) is 7.02. The van der Waals surface area contributed by atoms with Gasteiger partial charge in [0.25, 0.3) is 5.91 Å². The molecule has 0 saturated carbocycles. The summed E-state index contributed by atoms with van der Waals surface area (Å²) in [5.74, 6) is 0.0339. The van der Waals surface area contributed by atoms with Gasteiger partial charge in [-0.1, -0.05) is 60.7 Å². The molecule has 6 heteroatoms. The van der Waals surface area contributed by atoms with Crippen molar-refractivity contribution in [2.24, 2.45) is 0 Å². The first kappa shape index (κ1) is 21.5. The van der Waals surface area contributed by atoms with Gasteiger partial charge in [-0.25, -0.2) is 0 Å². The molecule has 0 aliphatic rings. The minimum atomic E-state index is -2.86. The summed E-state index contributed by atoms with van der Waals surface area (Å²) in [4.78, 5) is 12.6. The van der Waals surface area contributed by atoms with Crippen molar-refractivity contribution in [3.05, 3.63) is 102 Å². The summed E-state index contributed by atoms with van der Waals surface area (Å²) in [7, 11) is 0. The number of hydrogen-bond donors (Lipinski definition) is 2. The summed E-state index contributed by atoms with van der Waals surface area (Å²) < 4.78 is 29.3. The van der Waals surface area contributed by atoms with Crippen LogP contribution in [-0.4, -0.2) is 18.6 Å². The van der Waals surface area contributed by atoms with Crippen LogP contribution in [0.2, 0.25) is 0 Å². The van der Waals surface area contributed by atoms with E-state index in [1.54, 1.807) is 12.1 Å². The van der Waals surface area contributed by atoms with Crippen molar-refractivity contribution in [3.8, 4) is 5.75 Å². The maximum absolute atomic E-state index is 12.6. The molecule has 2 atom stereocenters. The van der Waals surface area contributed by atoms with E-state index < -0.39 is 6.61 Å². The van der Waals surface area contributed by atoms with Gasteiger partial charge in [-0.2, -0.15) is 8.78 Å². The monoisotopic (exact) mass is 411 g/mol. The van der Waals surface area contributed by atoms with Crippen molar-refractivity contribution in [2.75, 3.05) is 0 Å². The Labute approximate surface area is 174 Å². The number of nitrogens with one attached hydrogen (secondary N) is 1. The topological polar surface area (TPSA) is 54.9 Å². The zero-order chi connectivity index (χ0) is 21.3. The molecule has 3 aromatic carbocycles. The molecule has 0 spiro atoms. The Hall–Kier alpha value is -3.25. The molecule has 0 radical (unpaired) electrons. The van der Waals surface area contributed by atoms with Crippen LogP contribution in [0.5, 0.6) is 5.75 Å². The first-order valence-electron chi connectivity index (χ1n) is 9.79. The van der Waals surface area contributed by atoms with Crippen LogP contribution in [-0.2, 0) is 11.3 Å². The van der Waals surface area contributed by atoms with Gasteiger partial charge in [-0.3, -0.25) is 4.79 Å². The van der Waals surface area contributed by atoms with Crippen molar-refractivity contribution in [1.29, 1.82) is 0 Å². The Morgan fingerprint density at radius 3 is 2.07 bits per heavy atom. The standard InChI is InChI=1S/C24H24F2N2O2/c1-17(23(29)27-16-18-8-4-2-5-9-18)28-22(19-10-6-3-7-11-19)20-12-14-21(15-13-20)30-24(25)26/h2-15,17,22,24,28H,16H2,1H3,(H,27,29)/p+1/t17-,22-/m0/s1. The first-order valence-corrected chi connectivity index (χ1v) is 9.79. The van der Waals surface area contributed by atoms with Crippen molar-refractivity contribution < 1.29 is 23.6 Å². The second kappa shape index (κ2) is 10.5. The normalized spacial score (nSPS) is 12.9. The predicted octanol–water partition coefficient (Wildman–Crippen LogP) is 3.65. The maximum Gasteiger partial charge on any atom is 0.387 e. The smallest absolute Gasteiger partial charge is 0.387 e. The fourth-order valence-electron chi connectivity index (χ4n) is 3.25. The van der Waals surface area contributed by atoms with Crippen LogP contribution in [0.3, 0.4) is 0 Å². The quantitative estimate of drug-likeness (QED) is 0.565. The molecule has 0 saturated heterocycles. The molecule has 1 amide bonds. The molecule has 3 aromatic rings. The van der Waals surface area contributed by atoms with E-state index in [1.165, 1.54) is 12.1 Å². The Morgan fingerprint density at radius 2 is 1.47 bits per heavy atom. The molecule has 3 N–H and O–H groups in total. The number of nitrogens with two attached hydrogens (primary N) is 1. The van der Waals surface area contributed by atoms with Gasteiger partial charge in [0.05, 0.1) is 0 Å². The van der Waals surface area contributed by atoms with E-state index >= 15 is 0 Å². The highest BCUT2D eigenvalue weighted by Crippen LogP contribution is 2.22. The Kier molecular flexibility index (Phi) is 7.51. The van der Waals surface area contributed by atoms with Gasteiger partial charge < -0.3 is 15.4 Å². The number of amides is 1. The summed E-state index contributed by atoms with van der Waals surface area (Å²) in [5, 5.41) is 4.94. The summed E-state index contributed by atoms with van der Waals surface area (Å²) in [5.41, 5.74) is 2.94. The summed E-state index contributed by atoms with van der Waals surface area (Å²) in [6.45, 7) is -0.543. The molecule has 0 aliphatic heterocycles. The molecular formula is C24H25F2N2O2+. The van der Waals surface area contributed by atoms with E-state index in [9.17, 15) is 13.6 Å². The van der Waals surface area contributed by atoms with E-state index in [2.05, 4.69) is 10.1 Å². The van der Waals surface area contributed by atoms with Gasteiger partial charge in [0, 0.05) is 17.7 Å². The Balaban J connectivity index is 1.72.